The number of aromatic amines is 1. The topological polar surface area (TPSA) is 49.0 Å². The van der Waals surface area contributed by atoms with Gasteiger partial charge in [0.25, 0.3) is 0 Å². The number of hydrogen-bond acceptors (Lipinski definition) is 3. The van der Waals surface area contributed by atoms with E-state index in [0.717, 1.165) is 0 Å². The first-order chi connectivity index (χ1) is 9.49. The molecule has 0 fully saturated rings. The SMILES string of the molecule is CN(C)C=C(C(=O)c1ncc[nH]1)c1ccc(Cl)cc1Cl. The van der Waals surface area contributed by atoms with Gasteiger partial charge in [-0.05, 0) is 12.1 Å². The fraction of sp³-hybridized carbons (Fsp3) is 0.143. The highest BCUT2D eigenvalue weighted by Gasteiger charge is 2.19. The van der Waals surface area contributed by atoms with Gasteiger partial charge in [0, 0.05) is 43.3 Å². The first-order valence-electron chi connectivity index (χ1n) is 5.87. The number of allylic oxidation sites excluding steroid dienone is 1. The summed E-state index contributed by atoms with van der Waals surface area (Å²) >= 11 is 12.1. The summed E-state index contributed by atoms with van der Waals surface area (Å²) in [6.07, 6.45) is 4.84. The van der Waals surface area contributed by atoms with Crippen LogP contribution in [0, 0.1) is 0 Å². The van der Waals surface area contributed by atoms with E-state index in [4.69, 9.17) is 23.2 Å². The Morgan fingerprint density at radius 2 is 2.10 bits per heavy atom. The molecule has 0 atom stereocenters. The molecule has 0 aliphatic rings. The van der Waals surface area contributed by atoms with Gasteiger partial charge < -0.3 is 9.88 Å². The highest BCUT2D eigenvalue weighted by atomic mass is 35.5. The van der Waals surface area contributed by atoms with Gasteiger partial charge in [0.1, 0.15) is 0 Å². The number of nitrogens with zero attached hydrogens (tertiary/aromatic N) is 2. The Balaban J connectivity index is 2.51. The van der Waals surface area contributed by atoms with Crippen LogP contribution in [0.3, 0.4) is 0 Å². The van der Waals surface area contributed by atoms with Gasteiger partial charge in [0.15, 0.2) is 5.82 Å². The fourth-order valence-electron chi connectivity index (χ4n) is 1.73. The predicted molar refractivity (Wildman–Crippen MR) is 81.0 cm³/mol. The lowest BCUT2D eigenvalue weighted by Gasteiger charge is -2.12. The summed E-state index contributed by atoms with van der Waals surface area (Å²) < 4.78 is 0. The predicted octanol–water partition coefficient (Wildman–Crippen LogP) is 3.50. The van der Waals surface area contributed by atoms with Crippen molar-refractivity contribution in [2.75, 3.05) is 14.1 Å². The third kappa shape index (κ3) is 3.21. The van der Waals surface area contributed by atoms with Crippen molar-refractivity contribution in [3.63, 3.8) is 0 Å². The zero-order valence-corrected chi connectivity index (χ0v) is 12.5. The molecule has 0 bridgehead atoms. The quantitative estimate of drug-likeness (QED) is 0.694. The van der Waals surface area contributed by atoms with Gasteiger partial charge in [0.2, 0.25) is 5.78 Å². The first-order valence-corrected chi connectivity index (χ1v) is 6.62. The molecule has 0 saturated heterocycles. The van der Waals surface area contributed by atoms with Crippen molar-refractivity contribution >= 4 is 34.6 Å². The maximum atomic E-state index is 12.5. The molecule has 0 spiro atoms. The van der Waals surface area contributed by atoms with E-state index in [1.54, 1.807) is 35.5 Å². The minimum Gasteiger partial charge on any atom is -0.383 e. The molecule has 0 amide bonds. The second-order valence-electron chi connectivity index (χ2n) is 4.40. The Labute approximate surface area is 127 Å². The van der Waals surface area contributed by atoms with Crippen LogP contribution in [0.5, 0.6) is 0 Å². The molecule has 0 unspecified atom stereocenters. The third-order valence-electron chi connectivity index (χ3n) is 2.57. The molecule has 2 aromatic rings. The van der Waals surface area contributed by atoms with E-state index >= 15 is 0 Å². The number of Topliss-reactive ketones (excluding diaryl/α,β-unsaturated/α-hetero) is 1. The minimum atomic E-state index is -0.229. The van der Waals surface area contributed by atoms with Gasteiger partial charge in [-0.15, -0.1) is 0 Å². The van der Waals surface area contributed by atoms with Crippen molar-refractivity contribution in [1.29, 1.82) is 0 Å². The van der Waals surface area contributed by atoms with Gasteiger partial charge in [-0.1, -0.05) is 29.3 Å². The molecule has 1 N–H and O–H groups in total. The van der Waals surface area contributed by atoms with Crippen molar-refractivity contribution in [2.45, 2.75) is 0 Å². The summed E-state index contributed by atoms with van der Waals surface area (Å²) in [7, 11) is 3.67. The fourth-order valence-corrected chi connectivity index (χ4v) is 2.24. The van der Waals surface area contributed by atoms with Gasteiger partial charge in [0.05, 0.1) is 10.6 Å². The van der Waals surface area contributed by atoms with Gasteiger partial charge >= 0.3 is 0 Å². The number of rotatable bonds is 4. The summed E-state index contributed by atoms with van der Waals surface area (Å²) in [6, 6.07) is 5.03. The first kappa shape index (κ1) is 14.6. The molecule has 2 rings (SSSR count). The zero-order valence-electron chi connectivity index (χ0n) is 11.0. The molecule has 0 radical (unpaired) electrons. The summed E-state index contributed by atoms with van der Waals surface area (Å²) in [5.74, 6) is 0.0389. The largest absolute Gasteiger partial charge is 0.383 e. The molecule has 6 heteroatoms. The Hall–Kier alpha value is -1.78. The lowest BCUT2D eigenvalue weighted by molar-refractivity contribution is 0.104. The molecule has 0 aliphatic carbocycles. The van der Waals surface area contributed by atoms with E-state index in [1.165, 1.54) is 6.20 Å². The van der Waals surface area contributed by atoms with E-state index < -0.39 is 0 Å². The molecule has 0 aliphatic heterocycles. The minimum absolute atomic E-state index is 0.229. The molecule has 1 aromatic heterocycles. The standard InChI is InChI=1S/C14H13Cl2N3O/c1-19(2)8-11(13(20)14-17-5-6-18-14)10-4-3-9(15)7-12(10)16/h3-8H,1-2H3,(H,17,18). The van der Waals surface area contributed by atoms with Crippen LogP contribution in [0.4, 0.5) is 0 Å². The summed E-state index contributed by atoms with van der Waals surface area (Å²) in [4.78, 5) is 21.1. The number of hydrogen-bond donors (Lipinski definition) is 1. The maximum absolute atomic E-state index is 12.5. The Morgan fingerprint density at radius 1 is 1.35 bits per heavy atom. The maximum Gasteiger partial charge on any atom is 0.230 e. The van der Waals surface area contributed by atoms with Crippen LogP contribution in [0.25, 0.3) is 5.57 Å². The molecule has 4 nitrogen and oxygen atoms in total. The van der Waals surface area contributed by atoms with E-state index in [1.807, 2.05) is 14.1 Å². The molecule has 1 aromatic carbocycles. The van der Waals surface area contributed by atoms with E-state index in [2.05, 4.69) is 9.97 Å². The van der Waals surface area contributed by atoms with Crippen molar-refractivity contribution in [2.24, 2.45) is 0 Å². The van der Waals surface area contributed by atoms with Crippen molar-refractivity contribution in [3.05, 3.63) is 58.2 Å². The number of aromatic nitrogens is 2. The van der Waals surface area contributed by atoms with Gasteiger partial charge in [-0.2, -0.15) is 0 Å². The van der Waals surface area contributed by atoms with Crippen molar-refractivity contribution in [1.82, 2.24) is 14.9 Å². The van der Waals surface area contributed by atoms with Gasteiger partial charge in [-0.25, -0.2) is 4.98 Å². The normalized spacial score (nSPS) is 11.5. The van der Waals surface area contributed by atoms with Gasteiger partial charge in [-0.3, -0.25) is 4.79 Å². The van der Waals surface area contributed by atoms with Crippen LogP contribution in [0.1, 0.15) is 16.2 Å². The molecular weight excluding hydrogens is 297 g/mol. The van der Waals surface area contributed by atoms with Crippen LogP contribution >= 0.6 is 23.2 Å². The van der Waals surface area contributed by atoms with Crippen molar-refractivity contribution < 1.29 is 4.79 Å². The van der Waals surface area contributed by atoms with Crippen molar-refractivity contribution in [3.8, 4) is 0 Å². The molecule has 1 heterocycles. The number of nitrogens with one attached hydrogen (secondary N) is 1. The monoisotopic (exact) mass is 309 g/mol. The summed E-state index contributed by atoms with van der Waals surface area (Å²) in [6.45, 7) is 0. The van der Waals surface area contributed by atoms with E-state index in [9.17, 15) is 4.79 Å². The number of carbonyl (C=O) groups excluding carboxylic acids is 1. The second-order valence-corrected chi connectivity index (χ2v) is 5.24. The molecular formula is C14H13Cl2N3O. The average Bonchev–Trinajstić information content (AvgIpc) is 2.89. The Bertz CT molecular complexity index is 648. The Kier molecular flexibility index (Phi) is 4.47. The number of ketones is 1. The smallest absolute Gasteiger partial charge is 0.230 e. The number of imidazole rings is 1. The van der Waals surface area contributed by atoms with E-state index in [-0.39, 0.29) is 11.6 Å². The average molecular weight is 310 g/mol. The van der Waals surface area contributed by atoms with Crippen LogP contribution in [-0.2, 0) is 0 Å². The highest BCUT2D eigenvalue weighted by Crippen LogP contribution is 2.29. The third-order valence-corrected chi connectivity index (χ3v) is 3.11. The summed E-state index contributed by atoms with van der Waals surface area (Å²) in [5, 5.41) is 0.943. The summed E-state index contributed by atoms with van der Waals surface area (Å²) in [5.41, 5.74) is 1.07. The van der Waals surface area contributed by atoms with Crippen LogP contribution < -0.4 is 0 Å². The highest BCUT2D eigenvalue weighted by molar-refractivity contribution is 6.38. The number of benzene rings is 1. The lowest BCUT2D eigenvalue weighted by Crippen LogP contribution is -2.10. The molecule has 0 saturated carbocycles. The van der Waals surface area contributed by atoms with Crippen LogP contribution in [0.2, 0.25) is 10.0 Å². The zero-order chi connectivity index (χ0) is 14.7. The number of H-pyrrole nitrogens is 1. The van der Waals surface area contributed by atoms with Crippen LogP contribution in [-0.4, -0.2) is 34.7 Å². The molecule has 20 heavy (non-hydrogen) atoms. The van der Waals surface area contributed by atoms with E-state index in [0.29, 0.717) is 21.2 Å². The lowest BCUT2D eigenvalue weighted by atomic mass is 10.0. The molecule has 104 valence electrons. The number of carbonyl (C=O) groups is 1. The number of halogens is 2. The van der Waals surface area contributed by atoms with Crippen LogP contribution in [0.15, 0.2) is 36.8 Å². The Morgan fingerprint density at radius 3 is 2.65 bits per heavy atom. The second kappa shape index (κ2) is 6.11.